The normalized spacial score (nSPS) is 10.8. The monoisotopic (exact) mass is 270 g/mol. The molecule has 4 nitrogen and oxygen atoms in total. The predicted octanol–water partition coefficient (Wildman–Crippen LogP) is 3.26. The van der Waals surface area contributed by atoms with Crippen molar-refractivity contribution >= 4 is 27.6 Å². The molecule has 0 amide bonds. The molecular weight excluding hydrogens is 256 g/mol. The van der Waals surface area contributed by atoms with E-state index < -0.39 is 0 Å². The first-order chi connectivity index (χ1) is 9.36. The van der Waals surface area contributed by atoms with Crippen LogP contribution in [0.5, 0.6) is 0 Å². The quantitative estimate of drug-likeness (QED) is 0.790. The lowest BCUT2D eigenvalue weighted by molar-refractivity contribution is 0.993. The van der Waals surface area contributed by atoms with E-state index in [1.807, 2.05) is 12.3 Å². The molecule has 0 saturated heterocycles. The van der Waals surface area contributed by atoms with Gasteiger partial charge in [-0.05, 0) is 11.6 Å². The van der Waals surface area contributed by atoms with Gasteiger partial charge in [-0.2, -0.15) is 4.37 Å². The molecule has 0 spiro atoms. The second-order valence-corrected chi connectivity index (χ2v) is 4.97. The Morgan fingerprint density at radius 2 is 2.11 bits per heavy atom. The van der Waals surface area contributed by atoms with Gasteiger partial charge in [-0.1, -0.05) is 31.2 Å². The summed E-state index contributed by atoms with van der Waals surface area (Å²) in [5.74, 6) is 0.892. The van der Waals surface area contributed by atoms with Crippen molar-refractivity contribution in [2.24, 2.45) is 0 Å². The van der Waals surface area contributed by atoms with Gasteiger partial charge in [0.25, 0.3) is 0 Å². The summed E-state index contributed by atoms with van der Waals surface area (Å²) in [4.78, 5) is 8.84. The van der Waals surface area contributed by atoms with Crippen molar-refractivity contribution in [2.75, 3.05) is 5.32 Å². The van der Waals surface area contributed by atoms with Gasteiger partial charge in [-0.3, -0.25) is 4.98 Å². The summed E-state index contributed by atoms with van der Waals surface area (Å²) >= 11 is 1.41. The van der Waals surface area contributed by atoms with Gasteiger partial charge in [0.2, 0.25) is 5.13 Å². The van der Waals surface area contributed by atoms with Crippen LogP contribution >= 0.6 is 11.5 Å². The fourth-order valence-electron chi connectivity index (χ4n) is 1.95. The van der Waals surface area contributed by atoms with Gasteiger partial charge in [0, 0.05) is 36.1 Å². The highest BCUT2D eigenvalue weighted by Gasteiger charge is 2.04. The van der Waals surface area contributed by atoms with E-state index in [9.17, 15) is 0 Å². The molecule has 2 aromatic heterocycles. The van der Waals surface area contributed by atoms with Gasteiger partial charge < -0.3 is 5.32 Å². The van der Waals surface area contributed by atoms with Gasteiger partial charge in [0.15, 0.2) is 0 Å². The average molecular weight is 270 g/mol. The van der Waals surface area contributed by atoms with Crippen molar-refractivity contribution < 1.29 is 0 Å². The standard InChI is InChI=1S/C14H14N4S/c1-2-12-17-14(19-18-12)16-9-11-6-3-5-10-7-4-8-15-13(10)11/h3-8H,2,9H2,1H3,(H,16,17,18). The number of fused-ring (bicyclic) bond motifs is 1. The molecule has 1 N–H and O–H groups in total. The summed E-state index contributed by atoms with van der Waals surface area (Å²) in [5.41, 5.74) is 2.21. The van der Waals surface area contributed by atoms with Crippen LogP contribution in [0.2, 0.25) is 0 Å². The molecule has 3 aromatic rings. The van der Waals surface area contributed by atoms with Crippen LogP contribution in [0.1, 0.15) is 18.3 Å². The average Bonchev–Trinajstić information content (AvgIpc) is 2.93. The summed E-state index contributed by atoms with van der Waals surface area (Å²) in [7, 11) is 0. The summed E-state index contributed by atoms with van der Waals surface area (Å²) < 4.78 is 4.26. The van der Waals surface area contributed by atoms with E-state index in [-0.39, 0.29) is 0 Å². The molecule has 19 heavy (non-hydrogen) atoms. The molecule has 0 aliphatic carbocycles. The van der Waals surface area contributed by atoms with E-state index in [0.717, 1.165) is 28.3 Å². The Labute approximate surface area is 115 Å². The van der Waals surface area contributed by atoms with Crippen LogP contribution in [-0.2, 0) is 13.0 Å². The Hall–Kier alpha value is -2.01. The van der Waals surface area contributed by atoms with Crippen molar-refractivity contribution in [2.45, 2.75) is 19.9 Å². The van der Waals surface area contributed by atoms with Crippen LogP contribution in [-0.4, -0.2) is 14.3 Å². The topological polar surface area (TPSA) is 50.7 Å². The maximum Gasteiger partial charge on any atom is 0.202 e. The highest BCUT2D eigenvalue weighted by Crippen LogP contribution is 2.18. The molecule has 0 radical (unpaired) electrons. The molecule has 0 aliphatic rings. The summed E-state index contributed by atoms with van der Waals surface area (Å²) in [6.07, 6.45) is 2.69. The highest BCUT2D eigenvalue weighted by molar-refractivity contribution is 7.09. The smallest absolute Gasteiger partial charge is 0.202 e. The second-order valence-electron chi connectivity index (χ2n) is 4.22. The Kier molecular flexibility index (Phi) is 3.37. The zero-order valence-electron chi connectivity index (χ0n) is 10.6. The van der Waals surface area contributed by atoms with Crippen molar-refractivity contribution in [3.8, 4) is 0 Å². The molecule has 96 valence electrons. The number of anilines is 1. The third-order valence-corrected chi connectivity index (χ3v) is 3.64. The molecule has 0 unspecified atom stereocenters. The number of nitrogens with one attached hydrogen (secondary N) is 1. The zero-order chi connectivity index (χ0) is 13.1. The number of benzene rings is 1. The largest absolute Gasteiger partial charge is 0.356 e. The number of aryl methyl sites for hydroxylation is 1. The van der Waals surface area contributed by atoms with Crippen LogP contribution in [0.15, 0.2) is 36.5 Å². The molecule has 2 heterocycles. The first-order valence-corrected chi connectivity index (χ1v) is 7.03. The molecule has 0 fully saturated rings. The van der Waals surface area contributed by atoms with Gasteiger partial charge in [0.05, 0.1) is 5.52 Å². The Balaban J connectivity index is 1.81. The number of aromatic nitrogens is 3. The lowest BCUT2D eigenvalue weighted by atomic mass is 10.1. The molecule has 5 heteroatoms. The van der Waals surface area contributed by atoms with Gasteiger partial charge in [-0.15, -0.1) is 0 Å². The number of hydrogen-bond acceptors (Lipinski definition) is 5. The Morgan fingerprint density at radius 1 is 1.21 bits per heavy atom. The van der Waals surface area contributed by atoms with E-state index in [1.54, 1.807) is 0 Å². The third kappa shape index (κ3) is 2.56. The Morgan fingerprint density at radius 3 is 2.95 bits per heavy atom. The van der Waals surface area contributed by atoms with E-state index >= 15 is 0 Å². The minimum absolute atomic E-state index is 0.715. The maximum absolute atomic E-state index is 4.44. The minimum Gasteiger partial charge on any atom is -0.356 e. The lowest BCUT2D eigenvalue weighted by Crippen LogP contribution is -2.00. The number of rotatable bonds is 4. The molecule has 0 aliphatic heterocycles. The fraction of sp³-hybridized carbons (Fsp3) is 0.214. The number of nitrogens with zero attached hydrogens (tertiary/aromatic N) is 3. The zero-order valence-corrected chi connectivity index (χ0v) is 11.4. The van der Waals surface area contributed by atoms with Crippen LogP contribution in [0.25, 0.3) is 10.9 Å². The minimum atomic E-state index is 0.715. The summed E-state index contributed by atoms with van der Waals surface area (Å²) in [5, 5.41) is 5.34. The first-order valence-electron chi connectivity index (χ1n) is 6.26. The maximum atomic E-state index is 4.44. The van der Waals surface area contributed by atoms with Gasteiger partial charge in [0.1, 0.15) is 5.82 Å². The molecular formula is C14H14N4S. The van der Waals surface area contributed by atoms with E-state index in [2.05, 4.69) is 50.8 Å². The lowest BCUT2D eigenvalue weighted by Gasteiger charge is -2.05. The van der Waals surface area contributed by atoms with Crippen molar-refractivity contribution in [1.82, 2.24) is 14.3 Å². The second kappa shape index (κ2) is 5.32. The molecule has 0 bridgehead atoms. The molecule has 3 rings (SSSR count). The van der Waals surface area contributed by atoms with Crippen molar-refractivity contribution in [3.63, 3.8) is 0 Å². The number of pyridine rings is 1. The van der Waals surface area contributed by atoms with Gasteiger partial charge >= 0.3 is 0 Å². The molecule has 0 saturated carbocycles. The van der Waals surface area contributed by atoms with Crippen molar-refractivity contribution in [3.05, 3.63) is 47.9 Å². The van der Waals surface area contributed by atoms with E-state index in [0.29, 0.717) is 6.54 Å². The van der Waals surface area contributed by atoms with E-state index in [1.165, 1.54) is 17.1 Å². The highest BCUT2D eigenvalue weighted by atomic mass is 32.1. The number of para-hydroxylation sites is 1. The SMILES string of the molecule is CCc1nsc(NCc2cccc3cccnc23)n1. The van der Waals surface area contributed by atoms with Crippen LogP contribution in [0.3, 0.4) is 0 Å². The van der Waals surface area contributed by atoms with Crippen LogP contribution < -0.4 is 5.32 Å². The van der Waals surface area contributed by atoms with Crippen LogP contribution in [0.4, 0.5) is 5.13 Å². The van der Waals surface area contributed by atoms with Crippen LogP contribution in [0, 0.1) is 0 Å². The predicted molar refractivity (Wildman–Crippen MR) is 78.4 cm³/mol. The van der Waals surface area contributed by atoms with E-state index in [4.69, 9.17) is 0 Å². The molecule has 0 atom stereocenters. The molecule has 1 aromatic carbocycles. The third-order valence-electron chi connectivity index (χ3n) is 2.93. The summed E-state index contributed by atoms with van der Waals surface area (Å²) in [6.45, 7) is 2.77. The summed E-state index contributed by atoms with van der Waals surface area (Å²) in [6, 6.07) is 10.2. The first kappa shape index (κ1) is 12.0. The van der Waals surface area contributed by atoms with Crippen molar-refractivity contribution in [1.29, 1.82) is 0 Å². The number of hydrogen-bond donors (Lipinski definition) is 1. The Bertz CT molecular complexity index is 687. The van der Waals surface area contributed by atoms with Gasteiger partial charge in [-0.25, -0.2) is 4.98 Å². The fourth-order valence-corrected chi connectivity index (χ4v) is 2.59.